The fourth-order valence-corrected chi connectivity index (χ4v) is 3.08. The molecule has 7 heteroatoms. The maximum Gasteiger partial charge on any atom is 0.248 e. The average Bonchev–Trinajstić information content (AvgIpc) is 3.07. The van der Waals surface area contributed by atoms with Crippen molar-refractivity contribution in [2.75, 3.05) is 5.32 Å². The van der Waals surface area contributed by atoms with E-state index in [-0.39, 0.29) is 5.69 Å². The van der Waals surface area contributed by atoms with Gasteiger partial charge in [-0.3, -0.25) is 4.79 Å². The highest BCUT2D eigenvalue weighted by Gasteiger charge is 2.07. The SMILES string of the molecule is Cc1nc(COc2ccccc2/C=C/C(=O)Nc2cc(Cl)ccc2F)cs1. The molecular formula is C20H16ClFN2O2S. The van der Waals surface area contributed by atoms with Crippen molar-refractivity contribution in [3.63, 3.8) is 0 Å². The van der Waals surface area contributed by atoms with E-state index in [1.54, 1.807) is 17.4 Å². The predicted octanol–water partition coefficient (Wildman–Crippen LogP) is 5.47. The Kier molecular flexibility index (Phi) is 6.21. The van der Waals surface area contributed by atoms with Gasteiger partial charge in [-0.05, 0) is 37.3 Å². The number of carbonyl (C=O) groups excluding carboxylic acids is 1. The molecule has 0 bridgehead atoms. The first kappa shape index (κ1) is 19.1. The van der Waals surface area contributed by atoms with Gasteiger partial charge in [-0.15, -0.1) is 11.3 Å². The fraction of sp³-hybridized carbons (Fsp3) is 0.100. The number of aryl methyl sites for hydroxylation is 1. The summed E-state index contributed by atoms with van der Waals surface area (Å²) in [7, 11) is 0. The molecule has 0 unspecified atom stereocenters. The van der Waals surface area contributed by atoms with Crippen molar-refractivity contribution in [1.82, 2.24) is 4.98 Å². The second-order valence-electron chi connectivity index (χ2n) is 5.63. The summed E-state index contributed by atoms with van der Waals surface area (Å²) >= 11 is 7.39. The predicted molar refractivity (Wildman–Crippen MR) is 107 cm³/mol. The van der Waals surface area contributed by atoms with Gasteiger partial charge in [-0.2, -0.15) is 0 Å². The van der Waals surface area contributed by atoms with Crippen LogP contribution in [-0.2, 0) is 11.4 Å². The van der Waals surface area contributed by atoms with Crippen LogP contribution in [-0.4, -0.2) is 10.9 Å². The third kappa shape index (κ3) is 5.39. The van der Waals surface area contributed by atoms with Gasteiger partial charge < -0.3 is 10.1 Å². The molecule has 0 atom stereocenters. The van der Waals surface area contributed by atoms with Crippen molar-refractivity contribution in [2.24, 2.45) is 0 Å². The molecule has 1 N–H and O–H groups in total. The highest BCUT2D eigenvalue weighted by atomic mass is 35.5. The zero-order valence-electron chi connectivity index (χ0n) is 14.4. The van der Waals surface area contributed by atoms with Gasteiger partial charge in [0.2, 0.25) is 5.91 Å². The molecular weight excluding hydrogens is 387 g/mol. The largest absolute Gasteiger partial charge is 0.487 e. The van der Waals surface area contributed by atoms with Gasteiger partial charge in [0.25, 0.3) is 0 Å². The quantitative estimate of drug-likeness (QED) is 0.556. The van der Waals surface area contributed by atoms with Gasteiger partial charge in [0, 0.05) is 22.0 Å². The third-order valence-corrected chi connectivity index (χ3v) is 4.62. The standard InChI is InChI=1S/C20H16ClFN2O2S/c1-13-23-16(12-27-13)11-26-19-5-3-2-4-14(19)6-9-20(25)24-18-10-15(21)7-8-17(18)22/h2-10,12H,11H2,1H3,(H,24,25)/b9-6+. The summed E-state index contributed by atoms with van der Waals surface area (Å²) in [4.78, 5) is 16.4. The van der Waals surface area contributed by atoms with Crippen molar-refractivity contribution in [3.05, 3.63) is 81.0 Å². The van der Waals surface area contributed by atoms with Gasteiger partial charge >= 0.3 is 0 Å². The van der Waals surface area contributed by atoms with Gasteiger partial charge in [0.1, 0.15) is 18.2 Å². The Labute approximate surface area is 165 Å². The fourth-order valence-electron chi connectivity index (χ4n) is 2.31. The lowest BCUT2D eigenvalue weighted by Crippen LogP contribution is -2.09. The maximum absolute atomic E-state index is 13.7. The molecule has 27 heavy (non-hydrogen) atoms. The summed E-state index contributed by atoms with van der Waals surface area (Å²) in [5, 5.41) is 5.73. The smallest absolute Gasteiger partial charge is 0.248 e. The van der Waals surface area contributed by atoms with Crippen LogP contribution in [0.5, 0.6) is 5.75 Å². The van der Waals surface area contributed by atoms with E-state index in [1.807, 2.05) is 36.6 Å². The van der Waals surface area contributed by atoms with Crippen LogP contribution in [0.4, 0.5) is 10.1 Å². The second-order valence-corrected chi connectivity index (χ2v) is 7.13. The van der Waals surface area contributed by atoms with E-state index < -0.39 is 11.7 Å². The number of amides is 1. The molecule has 0 aliphatic heterocycles. The Morgan fingerprint density at radius 1 is 1.33 bits per heavy atom. The average molecular weight is 403 g/mol. The van der Waals surface area contributed by atoms with E-state index in [2.05, 4.69) is 10.3 Å². The normalized spacial score (nSPS) is 10.9. The van der Waals surface area contributed by atoms with E-state index in [9.17, 15) is 9.18 Å². The van der Waals surface area contributed by atoms with Gasteiger partial charge in [0.15, 0.2) is 0 Å². The number of carbonyl (C=O) groups is 1. The van der Waals surface area contributed by atoms with E-state index in [0.29, 0.717) is 17.4 Å². The number of nitrogens with zero attached hydrogens (tertiary/aromatic N) is 1. The summed E-state index contributed by atoms with van der Waals surface area (Å²) in [6.07, 6.45) is 2.93. The summed E-state index contributed by atoms with van der Waals surface area (Å²) in [5.74, 6) is -0.398. The molecule has 0 aliphatic carbocycles. The van der Waals surface area contributed by atoms with E-state index in [0.717, 1.165) is 16.3 Å². The molecule has 0 saturated carbocycles. The molecule has 138 valence electrons. The summed E-state index contributed by atoms with van der Waals surface area (Å²) < 4.78 is 19.5. The minimum atomic E-state index is -0.552. The highest BCUT2D eigenvalue weighted by molar-refractivity contribution is 7.09. The zero-order chi connectivity index (χ0) is 19.2. The lowest BCUT2D eigenvalue weighted by Gasteiger charge is -2.08. The Morgan fingerprint density at radius 3 is 2.93 bits per heavy atom. The first-order valence-corrected chi connectivity index (χ1v) is 9.34. The van der Waals surface area contributed by atoms with Crippen LogP contribution in [0.1, 0.15) is 16.3 Å². The second kappa shape index (κ2) is 8.79. The number of thiazole rings is 1. The lowest BCUT2D eigenvalue weighted by atomic mass is 10.2. The van der Waals surface area contributed by atoms with E-state index in [4.69, 9.17) is 16.3 Å². The molecule has 0 saturated heterocycles. The van der Waals surface area contributed by atoms with Crippen molar-refractivity contribution in [2.45, 2.75) is 13.5 Å². The Balaban J connectivity index is 1.67. The number of benzene rings is 2. The molecule has 4 nitrogen and oxygen atoms in total. The van der Waals surface area contributed by atoms with Crippen molar-refractivity contribution < 1.29 is 13.9 Å². The summed E-state index contributed by atoms with van der Waals surface area (Å²) in [6.45, 7) is 2.28. The van der Waals surface area contributed by atoms with Crippen LogP contribution in [0.15, 0.2) is 53.9 Å². The summed E-state index contributed by atoms with van der Waals surface area (Å²) in [6, 6.07) is 11.3. The molecule has 0 fully saturated rings. The van der Waals surface area contributed by atoms with Crippen molar-refractivity contribution in [3.8, 4) is 5.75 Å². The van der Waals surface area contributed by atoms with Crippen LogP contribution in [0.3, 0.4) is 0 Å². The topological polar surface area (TPSA) is 51.2 Å². The van der Waals surface area contributed by atoms with E-state index in [1.165, 1.54) is 24.3 Å². The lowest BCUT2D eigenvalue weighted by molar-refractivity contribution is -0.111. The molecule has 1 heterocycles. The minimum absolute atomic E-state index is 0.0283. The van der Waals surface area contributed by atoms with Gasteiger partial charge in [-0.1, -0.05) is 29.8 Å². The van der Waals surface area contributed by atoms with Gasteiger partial charge in [-0.25, -0.2) is 9.37 Å². The molecule has 0 spiro atoms. The van der Waals surface area contributed by atoms with Crippen LogP contribution < -0.4 is 10.1 Å². The van der Waals surface area contributed by atoms with Crippen molar-refractivity contribution >= 4 is 40.6 Å². The Morgan fingerprint density at radius 2 is 2.15 bits per heavy atom. The van der Waals surface area contributed by atoms with Crippen LogP contribution in [0.2, 0.25) is 5.02 Å². The highest BCUT2D eigenvalue weighted by Crippen LogP contribution is 2.22. The molecule has 3 rings (SSSR count). The Bertz CT molecular complexity index is 988. The third-order valence-electron chi connectivity index (χ3n) is 3.56. The number of hydrogen-bond donors (Lipinski definition) is 1. The van der Waals surface area contributed by atoms with Crippen LogP contribution in [0.25, 0.3) is 6.08 Å². The molecule has 3 aromatic rings. The molecule has 1 amide bonds. The minimum Gasteiger partial charge on any atom is -0.487 e. The number of ether oxygens (including phenoxy) is 1. The Hall–Kier alpha value is -2.70. The zero-order valence-corrected chi connectivity index (χ0v) is 16.0. The van der Waals surface area contributed by atoms with Crippen molar-refractivity contribution in [1.29, 1.82) is 0 Å². The maximum atomic E-state index is 13.7. The number of aromatic nitrogens is 1. The number of halogens is 2. The number of hydrogen-bond acceptors (Lipinski definition) is 4. The van der Waals surface area contributed by atoms with Crippen LogP contribution in [0, 0.1) is 12.7 Å². The molecule has 1 aromatic heterocycles. The van der Waals surface area contributed by atoms with E-state index >= 15 is 0 Å². The number of rotatable bonds is 6. The molecule has 2 aromatic carbocycles. The number of nitrogens with one attached hydrogen (secondary N) is 1. The van der Waals surface area contributed by atoms with Crippen LogP contribution >= 0.6 is 22.9 Å². The summed E-state index contributed by atoms with van der Waals surface area (Å²) in [5.41, 5.74) is 1.61. The number of para-hydroxylation sites is 1. The molecule has 0 aliphatic rings. The molecule has 0 radical (unpaired) electrons. The monoisotopic (exact) mass is 402 g/mol. The number of anilines is 1. The first-order valence-electron chi connectivity index (χ1n) is 8.08. The van der Waals surface area contributed by atoms with Gasteiger partial charge in [0.05, 0.1) is 16.4 Å². The first-order chi connectivity index (χ1) is 13.0.